The Morgan fingerprint density at radius 1 is 1.47 bits per heavy atom. The molecule has 2 N–H and O–H groups in total. The van der Waals surface area contributed by atoms with Crippen LogP contribution in [0.5, 0.6) is 0 Å². The van der Waals surface area contributed by atoms with Crippen LogP contribution in [0.4, 0.5) is 0 Å². The van der Waals surface area contributed by atoms with Crippen LogP contribution in [0, 0.1) is 5.92 Å². The third kappa shape index (κ3) is 8.18. The molecule has 0 aliphatic carbocycles. The molecule has 1 unspecified atom stereocenters. The number of piperidine rings is 1. The lowest BCUT2D eigenvalue weighted by Crippen LogP contribution is -2.42. The Bertz CT molecular complexity index is 276. The van der Waals surface area contributed by atoms with E-state index in [1.54, 1.807) is 0 Å². The van der Waals surface area contributed by atoms with E-state index in [9.17, 15) is 4.79 Å². The van der Waals surface area contributed by atoms with Gasteiger partial charge in [0.2, 0.25) is 0 Å². The van der Waals surface area contributed by atoms with Crippen LogP contribution < -0.4 is 5.32 Å². The largest absolute Gasteiger partial charge is 0.480 e. The Balaban J connectivity index is 2.17. The molecule has 0 aromatic carbocycles. The van der Waals surface area contributed by atoms with Crippen LogP contribution in [0.3, 0.4) is 0 Å². The van der Waals surface area contributed by atoms with Crippen molar-refractivity contribution < 1.29 is 14.6 Å². The molecule has 0 saturated carbocycles. The molecular weight excluding hydrogens is 244 g/mol. The molecule has 5 heteroatoms. The van der Waals surface area contributed by atoms with Crippen molar-refractivity contribution in [3.05, 3.63) is 0 Å². The summed E-state index contributed by atoms with van der Waals surface area (Å²) in [5.41, 5.74) is -0.0712. The number of hydrogen-bond acceptors (Lipinski definition) is 4. The van der Waals surface area contributed by atoms with Gasteiger partial charge in [0.25, 0.3) is 0 Å². The van der Waals surface area contributed by atoms with E-state index in [0.717, 1.165) is 32.8 Å². The van der Waals surface area contributed by atoms with E-state index < -0.39 is 5.97 Å². The summed E-state index contributed by atoms with van der Waals surface area (Å²) in [6.07, 6.45) is 2.37. The van der Waals surface area contributed by atoms with E-state index in [1.807, 2.05) is 0 Å². The molecule has 0 radical (unpaired) electrons. The fourth-order valence-corrected chi connectivity index (χ4v) is 2.39. The van der Waals surface area contributed by atoms with Gasteiger partial charge < -0.3 is 20.1 Å². The highest BCUT2D eigenvalue weighted by atomic mass is 16.5. The summed E-state index contributed by atoms with van der Waals surface area (Å²) < 4.78 is 5.74. The molecular formula is C14H28N2O3. The lowest BCUT2D eigenvalue weighted by Gasteiger charge is -2.33. The molecule has 19 heavy (non-hydrogen) atoms. The van der Waals surface area contributed by atoms with Crippen LogP contribution >= 0.6 is 0 Å². The lowest BCUT2D eigenvalue weighted by molar-refractivity contribution is -0.136. The van der Waals surface area contributed by atoms with Gasteiger partial charge in [-0.05, 0) is 52.6 Å². The molecule has 5 nitrogen and oxygen atoms in total. The third-order valence-electron chi connectivity index (χ3n) is 3.25. The van der Waals surface area contributed by atoms with E-state index in [2.05, 4.69) is 31.0 Å². The zero-order chi connectivity index (χ0) is 14.3. The quantitative estimate of drug-likeness (QED) is 0.729. The van der Waals surface area contributed by atoms with Crippen molar-refractivity contribution in [2.45, 2.75) is 39.2 Å². The van der Waals surface area contributed by atoms with Crippen molar-refractivity contribution in [2.24, 2.45) is 5.92 Å². The third-order valence-corrected chi connectivity index (χ3v) is 3.25. The van der Waals surface area contributed by atoms with Gasteiger partial charge in [0.15, 0.2) is 0 Å². The summed E-state index contributed by atoms with van der Waals surface area (Å²) in [6.45, 7) is 11.0. The molecule has 0 aromatic heterocycles. The van der Waals surface area contributed by atoms with E-state index in [0.29, 0.717) is 5.92 Å². The summed E-state index contributed by atoms with van der Waals surface area (Å²) >= 11 is 0. The number of carbonyl (C=O) groups is 1. The van der Waals surface area contributed by atoms with Crippen LogP contribution in [0.25, 0.3) is 0 Å². The molecule has 1 aliphatic heterocycles. The molecule has 1 saturated heterocycles. The average molecular weight is 272 g/mol. The van der Waals surface area contributed by atoms with Crippen molar-refractivity contribution in [2.75, 3.05) is 39.3 Å². The standard InChI is InChI=1S/C14H28N2O3/c1-14(2,3)19-8-7-16-6-4-5-12(11-16)9-15-10-13(17)18/h12,15H,4-11H2,1-3H3,(H,17,18). The molecule has 0 bridgehead atoms. The smallest absolute Gasteiger partial charge is 0.317 e. The molecule has 1 fully saturated rings. The number of ether oxygens (including phenoxy) is 1. The van der Waals surface area contributed by atoms with E-state index in [4.69, 9.17) is 9.84 Å². The van der Waals surface area contributed by atoms with Crippen LogP contribution in [0.1, 0.15) is 33.6 Å². The van der Waals surface area contributed by atoms with Crippen molar-refractivity contribution in [1.29, 1.82) is 0 Å². The molecule has 0 aromatic rings. The Hall–Kier alpha value is -0.650. The first-order valence-electron chi connectivity index (χ1n) is 7.15. The SMILES string of the molecule is CC(C)(C)OCCN1CCCC(CNCC(=O)O)C1. The maximum Gasteiger partial charge on any atom is 0.317 e. The van der Waals surface area contributed by atoms with Crippen LogP contribution in [-0.2, 0) is 9.53 Å². The Morgan fingerprint density at radius 2 is 2.21 bits per heavy atom. The van der Waals surface area contributed by atoms with Crippen LogP contribution in [0.2, 0.25) is 0 Å². The summed E-state index contributed by atoms with van der Waals surface area (Å²) in [7, 11) is 0. The molecule has 1 aliphatic rings. The van der Waals surface area contributed by atoms with Gasteiger partial charge in [-0.1, -0.05) is 0 Å². The fraction of sp³-hybridized carbons (Fsp3) is 0.929. The van der Waals surface area contributed by atoms with Crippen molar-refractivity contribution in [3.63, 3.8) is 0 Å². The Morgan fingerprint density at radius 3 is 2.84 bits per heavy atom. The number of hydrogen-bond donors (Lipinski definition) is 2. The predicted molar refractivity (Wildman–Crippen MR) is 75.4 cm³/mol. The molecule has 1 atom stereocenters. The van der Waals surface area contributed by atoms with Crippen molar-refractivity contribution >= 4 is 5.97 Å². The fourth-order valence-electron chi connectivity index (χ4n) is 2.39. The summed E-state index contributed by atoms with van der Waals surface area (Å²) in [5, 5.41) is 11.6. The number of likely N-dealkylation sites (tertiary alicyclic amines) is 1. The van der Waals surface area contributed by atoms with E-state index >= 15 is 0 Å². The van der Waals surface area contributed by atoms with Gasteiger partial charge in [-0.25, -0.2) is 0 Å². The first-order valence-corrected chi connectivity index (χ1v) is 7.15. The maximum atomic E-state index is 10.5. The second kappa shape index (κ2) is 7.82. The van der Waals surface area contributed by atoms with Crippen LogP contribution in [-0.4, -0.2) is 60.9 Å². The van der Waals surface area contributed by atoms with Crippen LogP contribution in [0.15, 0.2) is 0 Å². The first-order chi connectivity index (χ1) is 8.87. The molecule has 0 spiro atoms. The minimum absolute atomic E-state index is 0.0592. The Kier molecular flexibility index (Phi) is 6.75. The van der Waals surface area contributed by atoms with E-state index in [1.165, 1.54) is 12.8 Å². The van der Waals surface area contributed by atoms with Gasteiger partial charge in [-0.2, -0.15) is 0 Å². The monoisotopic (exact) mass is 272 g/mol. The highest BCUT2D eigenvalue weighted by Gasteiger charge is 2.20. The molecule has 1 heterocycles. The summed E-state index contributed by atoms with van der Waals surface area (Å²) in [6, 6.07) is 0. The maximum absolute atomic E-state index is 10.5. The zero-order valence-electron chi connectivity index (χ0n) is 12.4. The number of nitrogens with one attached hydrogen (secondary N) is 1. The first kappa shape index (κ1) is 16.4. The van der Waals surface area contributed by atoms with Gasteiger partial charge in [0.05, 0.1) is 18.8 Å². The summed E-state index contributed by atoms with van der Waals surface area (Å²) in [5.74, 6) is -0.228. The second-order valence-electron chi connectivity index (χ2n) is 6.29. The molecule has 0 amide bonds. The highest BCUT2D eigenvalue weighted by molar-refractivity contribution is 5.68. The minimum atomic E-state index is -0.786. The van der Waals surface area contributed by atoms with Gasteiger partial charge in [-0.15, -0.1) is 0 Å². The lowest BCUT2D eigenvalue weighted by atomic mass is 9.98. The molecule has 1 rings (SSSR count). The number of rotatable bonds is 7. The van der Waals surface area contributed by atoms with Gasteiger partial charge in [0.1, 0.15) is 0 Å². The summed E-state index contributed by atoms with van der Waals surface area (Å²) in [4.78, 5) is 12.9. The topological polar surface area (TPSA) is 61.8 Å². The number of carboxylic acids is 1. The number of carboxylic acid groups (broad SMARTS) is 1. The van der Waals surface area contributed by atoms with Crippen molar-refractivity contribution in [1.82, 2.24) is 10.2 Å². The highest BCUT2D eigenvalue weighted by Crippen LogP contribution is 2.16. The number of nitrogens with zero attached hydrogens (tertiary/aromatic N) is 1. The van der Waals surface area contributed by atoms with Gasteiger partial charge in [0, 0.05) is 13.1 Å². The van der Waals surface area contributed by atoms with Crippen molar-refractivity contribution in [3.8, 4) is 0 Å². The normalized spacial score (nSPS) is 21.5. The number of aliphatic carboxylic acids is 1. The Labute approximate surface area is 116 Å². The minimum Gasteiger partial charge on any atom is -0.480 e. The average Bonchev–Trinajstić information content (AvgIpc) is 2.27. The van der Waals surface area contributed by atoms with Gasteiger partial charge >= 0.3 is 5.97 Å². The molecule has 112 valence electrons. The van der Waals surface area contributed by atoms with E-state index in [-0.39, 0.29) is 12.1 Å². The predicted octanol–water partition coefficient (Wildman–Crippen LogP) is 1.19. The van der Waals surface area contributed by atoms with Gasteiger partial charge in [-0.3, -0.25) is 4.79 Å². The second-order valence-corrected chi connectivity index (χ2v) is 6.29. The zero-order valence-corrected chi connectivity index (χ0v) is 12.4.